The van der Waals surface area contributed by atoms with Gasteiger partial charge in [0.25, 0.3) is 10.1 Å². The van der Waals surface area contributed by atoms with Gasteiger partial charge < -0.3 is 10.6 Å². The zero-order chi connectivity index (χ0) is 14.5. The van der Waals surface area contributed by atoms with Crippen molar-refractivity contribution in [3.05, 3.63) is 29.8 Å². The van der Waals surface area contributed by atoms with Crippen molar-refractivity contribution in [1.29, 1.82) is 0 Å². The van der Waals surface area contributed by atoms with E-state index in [2.05, 4.69) is 14.8 Å². The SMILES string of the molecule is CC(C)NC(=O)Nc1cccc(COS(C)(=O)=O)c1. The number of carbonyl (C=O) groups is 1. The minimum Gasteiger partial charge on any atom is -0.336 e. The standard InChI is InChI=1S/C12H18N2O4S/c1-9(2)13-12(15)14-11-6-4-5-10(7-11)8-18-19(3,16)17/h4-7,9H,8H2,1-3H3,(H2,13,14,15). The molecule has 1 rings (SSSR count). The fourth-order valence-electron chi connectivity index (χ4n) is 1.34. The number of hydrogen-bond acceptors (Lipinski definition) is 4. The Morgan fingerprint density at radius 1 is 1.37 bits per heavy atom. The van der Waals surface area contributed by atoms with Crippen molar-refractivity contribution in [1.82, 2.24) is 5.32 Å². The van der Waals surface area contributed by atoms with Crippen LogP contribution in [0, 0.1) is 0 Å². The number of rotatable bonds is 5. The van der Waals surface area contributed by atoms with Crippen molar-refractivity contribution >= 4 is 21.8 Å². The molecule has 0 aromatic heterocycles. The van der Waals surface area contributed by atoms with Crippen LogP contribution in [0.1, 0.15) is 19.4 Å². The molecule has 2 amide bonds. The Morgan fingerprint density at radius 3 is 2.63 bits per heavy atom. The minimum absolute atomic E-state index is 0.0387. The predicted molar refractivity (Wildman–Crippen MR) is 73.4 cm³/mol. The average molecular weight is 286 g/mol. The maximum absolute atomic E-state index is 11.5. The highest BCUT2D eigenvalue weighted by Crippen LogP contribution is 2.12. The number of carbonyl (C=O) groups excluding carboxylic acids is 1. The molecule has 0 bridgehead atoms. The maximum atomic E-state index is 11.5. The van der Waals surface area contributed by atoms with Gasteiger partial charge in [-0.1, -0.05) is 12.1 Å². The summed E-state index contributed by atoms with van der Waals surface area (Å²) in [6, 6.07) is 6.53. The van der Waals surface area contributed by atoms with Crippen LogP contribution in [0.15, 0.2) is 24.3 Å². The van der Waals surface area contributed by atoms with E-state index in [4.69, 9.17) is 0 Å². The largest absolute Gasteiger partial charge is 0.336 e. The lowest BCUT2D eigenvalue weighted by Gasteiger charge is -2.11. The van der Waals surface area contributed by atoms with E-state index in [0.29, 0.717) is 11.3 Å². The van der Waals surface area contributed by atoms with Gasteiger partial charge in [-0.15, -0.1) is 0 Å². The van der Waals surface area contributed by atoms with Crippen LogP contribution in [0.25, 0.3) is 0 Å². The summed E-state index contributed by atoms with van der Waals surface area (Å²) < 4.78 is 26.5. The highest BCUT2D eigenvalue weighted by molar-refractivity contribution is 7.85. The molecule has 2 N–H and O–H groups in total. The molecular formula is C12H18N2O4S. The van der Waals surface area contributed by atoms with Crippen molar-refractivity contribution in [2.24, 2.45) is 0 Å². The second-order valence-electron chi connectivity index (χ2n) is 4.42. The van der Waals surface area contributed by atoms with Crippen LogP contribution in [-0.4, -0.2) is 26.7 Å². The Kier molecular flexibility index (Phi) is 5.31. The molecule has 0 heterocycles. The zero-order valence-corrected chi connectivity index (χ0v) is 12.0. The van der Waals surface area contributed by atoms with Crippen LogP contribution in [-0.2, 0) is 20.9 Å². The summed E-state index contributed by atoms with van der Waals surface area (Å²) >= 11 is 0. The van der Waals surface area contributed by atoms with Crippen LogP contribution < -0.4 is 10.6 Å². The summed E-state index contributed by atoms with van der Waals surface area (Å²) in [5, 5.41) is 5.35. The molecule has 7 heteroatoms. The van der Waals surface area contributed by atoms with Crippen molar-refractivity contribution in [2.75, 3.05) is 11.6 Å². The molecule has 0 saturated carbocycles. The maximum Gasteiger partial charge on any atom is 0.319 e. The second-order valence-corrected chi connectivity index (χ2v) is 6.06. The molecule has 6 nitrogen and oxygen atoms in total. The first-order chi connectivity index (χ1) is 8.76. The Labute approximate surface area is 113 Å². The van der Waals surface area contributed by atoms with Gasteiger partial charge in [-0.25, -0.2) is 4.79 Å². The number of hydrogen-bond donors (Lipinski definition) is 2. The van der Waals surface area contributed by atoms with Crippen LogP contribution in [0.4, 0.5) is 10.5 Å². The number of nitrogens with one attached hydrogen (secondary N) is 2. The van der Waals surface area contributed by atoms with Gasteiger partial charge in [0.05, 0.1) is 12.9 Å². The molecule has 0 aliphatic heterocycles. The molecule has 0 fully saturated rings. The van der Waals surface area contributed by atoms with E-state index in [9.17, 15) is 13.2 Å². The smallest absolute Gasteiger partial charge is 0.319 e. The van der Waals surface area contributed by atoms with E-state index in [1.54, 1.807) is 24.3 Å². The van der Waals surface area contributed by atoms with E-state index in [1.165, 1.54) is 0 Å². The van der Waals surface area contributed by atoms with Gasteiger partial charge in [0.15, 0.2) is 0 Å². The first-order valence-corrected chi connectivity index (χ1v) is 7.59. The van der Waals surface area contributed by atoms with Crippen LogP contribution in [0.3, 0.4) is 0 Å². The van der Waals surface area contributed by atoms with Crippen molar-refractivity contribution in [2.45, 2.75) is 26.5 Å². The van der Waals surface area contributed by atoms with E-state index in [1.807, 2.05) is 13.8 Å². The normalized spacial score (nSPS) is 11.4. The van der Waals surface area contributed by atoms with Gasteiger partial charge in [-0.3, -0.25) is 4.18 Å². The lowest BCUT2D eigenvalue weighted by atomic mass is 10.2. The molecule has 1 aromatic carbocycles. The fourth-order valence-corrected chi connectivity index (χ4v) is 1.69. The summed E-state index contributed by atoms with van der Waals surface area (Å²) in [6.07, 6.45) is 0.991. The second kappa shape index (κ2) is 6.53. The van der Waals surface area contributed by atoms with Crippen LogP contribution >= 0.6 is 0 Å². The van der Waals surface area contributed by atoms with Crippen molar-refractivity contribution in [3.63, 3.8) is 0 Å². The Morgan fingerprint density at radius 2 is 2.05 bits per heavy atom. The van der Waals surface area contributed by atoms with Crippen LogP contribution in [0.2, 0.25) is 0 Å². The lowest BCUT2D eigenvalue weighted by Crippen LogP contribution is -2.34. The van der Waals surface area contributed by atoms with E-state index in [-0.39, 0.29) is 18.7 Å². The van der Waals surface area contributed by atoms with Gasteiger partial charge in [-0.05, 0) is 31.5 Å². The molecule has 0 spiro atoms. The molecule has 0 radical (unpaired) electrons. The number of amides is 2. The Balaban J connectivity index is 2.64. The number of anilines is 1. The average Bonchev–Trinajstić information content (AvgIpc) is 2.24. The van der Waals surface area contributed by atoms with Gasteiger partial charge in [0.2, 0.25) is 0 Å². The topological polar surface area (TPSA) is 84.5 Å². The fraction of sp³-hybridized carbons (Fsp3) is 0.417. The third kappa shape index (κ3) is 6.78. The molecule has 1 aromatic rings. The van der Waals surface area contributed by atoms with E-state index in [0.717, 1.165) is 6.26 Å². The predicted octanol–water partition coefficient (Wildman–Crippen LogP) is 1.69. The summed E-state index contributed by atoms with van der Waals surface area (Å²) in [4.78, 5) is 11.5. The van der Waals surface area contributed by atoms with E-state index >= 15 is 0 Å². The molecule has 0 saturated heterocycles. The summed E-state index contributed by atoms with van der Waals surface area (Å²) in [5.41, 5.74) is 1.24. The number of benzene rings is 1. The molecule has 0 aliphatic carbocycles. The summed E-state index contributed by atoms with van der Waals surface area (Å²) in [5.74, 6) is 0. The number of urea groups is 1. The minimum atomic E-state index is -3.47. The van der Waals surface area contributed by atoms with Gasteiger partial charge in [0.1, 0.15) is 0 Å². The third-order valence-electron chi connectivity index (χ3n) is 2.04. The molecule has 0 atom stereocenters. The first kappa shape index (κ1) is 15.5. The molecule has 0 unspecified atom stereocenters. The molecule has 106 valence electrons. The van der Waals surface area contributed by atoms with Gasteiger partial charge in [-0.2, -0.15) is 8.42 Å². The lowest BCUT2D eigenvalue weighted by molar-refractivity contribution is 0.250. The molecule has 19 heavy (non-hydrogen) atoms. The molecule has 0 aliphatic rings. The summed E-state index contributed by atoms with van der Waals surface area (Å²) in [6.45, 7) is 3.66. The van der Waals surface area contributed by atoms with Crippen LogP contribution in [0.5, 0.6) is 0 Å². The zero-order valence-electron chi connectivity index (χ0n) is 11.1. The van der Waals surface area contributed by atoms with Gasteiger partial charge in [0, 0.05) is 11.7 Å². The Bertz CT molecular complexity index is 540. The van der Waals surface area contributed by atoms with Crippen molar-refractivity contribution < 1.29 is 17.4 Å². The monoisotopic (exact) mass is 286 g/mol. The quantitative estimate of drug-likeness (QED) is 0.807. The van der Waals surface area contributed by atoms with Gasteiger partial charge >= 0.3 is 6.03 Å². The highest BCUT2D eigenvalue weighted by Gasteiger charge is 2.06. The highest BCUT2D eigenvalue weighted by atomic mass is 32.2. The Hall–Kier alpha value is -1.60. The van der Waals surface area contributed by atoms with Crippen molar-refractivity contribution in [3.8, 4) is 0 Å². The third-order valence-corrected chi connectivity index (χ3v) is 2.59. The van der Waals surface area contributed by atoms with E-state index < -0.39 is 10.1 Å². The molecular weight excluding hydrogens is 268 g/mol. The first-order valence-electron chi connectivity index (χ1n) is 5.77. The summed E-state index contributed by atoms with van der Waals surface area (Å²) in [7, 11) is -3.47.